The van der Waals surface area contributed by atoms with Crippen LogP contribution in [0.3, 0.4) is 0 Å². The number of carbonyl (C=O) groups is 1. The number of hydrogen-bond donors (Lipinski definition) is 1. The molecule has 0 spiro atoms. The van der Waals surface area contributed by atoms with Crippen LogP contribution in [0.5, 0.6) is 0 Å². The van der Waals surface area contributed by atoms with Gasteiger partial charge in [0.2, 0.25) is 0 Å². The minimum absolute atomic E-state index is 0.0614. The third-order valence-corrected chi connectivity index (χ3v) is 4.84. The molecule has 0 aromatic carbocycles. The lowest BCUT2D eigenvalue weighted by atomic mass is 9.75. The van der Waals surface area contributed by atoms with Crippen molar-refractivity contribution in [2.24, 2.45) is 10.6 Å². The smallest absolute Gasteiger partial charge is 0.168 e. The van der Waals surface area contributed by atoms with Gasteiger partial charge in [0.05, 0.1) is 15.6 Å². The molecule has 6 heteroatoms. The van der Waals surface area contributed by atoms with E-state index in [2.05, 4.69) is 5.16 Å². The fraction of sp³-hybridized carbons (Fsp3) is 0.529. The zero-order chi connectivity index (χ0) is 17.0. The number of rotatable bonds is 6. The van der Waals surface area contributed by atoms with Gasteiger partial charge < -0.3 is 9.94 Å². The molecule has 1 aromatic heterocycles. The Bertz CT molecular complexity index is 646. The first-order chi connectivity index (χ1) is 10.8. The normalized spacial score (nSPS) is 18.4. The second-order valence-electron chi connectivity index (χ2n) is 6.53. The predicted molar refractivity (Wildman–Crippen MR) is 94.1 cm³/mol. The van der Waals surface area contributed by atoms with Crippen LogP contribution in [-0.4, -0.2) is 16.6 Å². The van der Waals surface area contributed by atoms with Crippen molar-refractivity contribution in [2.75, 3.05) is 0 Å². The fourth-order valence-electron chi connectivity index (χ4n) is 2.67. The zero-order valence-corrected chi connectivity index (χ0v) is 15.3. The molecule has 0 amide bonds. The van der Waals surface area contributed by atoms with Crippen LogP contribution in [0.25, 0.3) is 0 Å². The van der Waals surface area contributed by atoms with Crippen molar-refractivity contribution >= 4 is 34.4 Å². The zero-order valence-electron chi connectivity index (χ0n) is 13.7. The number of ketones is 1. The van der Waals surface area contributed by atoms with E-state index >= 15 is 0 Å². The maximum atomic E-state index is 12.4. The molecular formula is C17H22ClNO3S. The number of hydrogen-bond acceptors (Lipinski definition) is 5. The van der Waals surface area contributed by atoms with Crippen molar-refractivity contribution < 1.29 is 14.7 Å². The van der Waals surface area contributed by atoms with E-state index in [1.165, 1.54) is 11.3 Å². The van der Waals surface area contributed by atoms with E-state index in [1.54, 1.807) is 0 Å². The summed E-state index contributed by atoms with van der Waals surface area (Å²) in [6, 6.07) is 3.69. The van der Waals surface area contributed by atoms with Gasteiger partial charge in [0.1, 0.15) is 5.76 Å². The monoisotopic (exact) mass is 355 g/mol. The number of oxime groups is 1. The van der Waals surface area contributed by atoms with Crippen LogP contribution in [0, 0.1) is 5.41 Å². The molecule has 1 N–H and O–H groups in total. The average molecular weight is 356 g/mol. The van der Waals surface area contributed by atoms with Crippen LogP contribution < -0.4 is 0 Å². The quantitative estimate of drug-likeness (QED) is 0.558. The molecule has 0 saturated carbocycles. The summed E-state index contributed by atoms with van der Waals surface area (Å²) in [6.07, 6.45) is 2.31. The van der Waals surface area contributed by atoms with Gasteiger partial charge in [-0.05, 0) is 24.0 Å². The van der Waals surface area contributed by atoms with Gasteiger partial charge in [0, 0.05) is 17.7 Å². The van der Waals surface area contributed by atoms with Crippen molar-refractivity contribution in [1.29, 1.82) is 0 Å². The van der Waals surface area contributed by atoms with E-state index in [0.29, 0.717) is 41.5 Å². The molecule has 0 fully saturated rings. The predicted octanol–water partition coefficient (Wildman–Crippen LogP) is 5.28. The Morgan fingerprint density at radius 2 is 2.17 bits per heavy atom. The molecule has 0 aliphatic heterocycles. The molecule has 0 unspecified atom stereocenters. The van der Waals surface area contributed by atoms with E-state index in [0.717, 1.165) is 11.3 Å². The number of nitrogens with zero attached hydrogens (tertiary/aromatic N) is 1. The van der Waals surface area contributed by atoms with Crippen LogP contribution in [-0.2, 0) is 16.2 Å². The third-order valence-electron chi connectivity index (χ3n) is 3.64. The van der Waals surface area contributed by atoms with Gasteiger partial charge in [-0.15, -0.1) is 11.3 Å². The summed E-state index contributed by atoms with van der Waals surface area (Å²) >= 11 is 7.31. The SMILES string of the molecule is CCCC(=NOCc1ccc(Cl)s1)C1=C(O)CC(C)(C)CC1=O. The Balaban J connectivity index is 2.16. The second kappa shape index (κ2) is 7.49. The highest BCUT2D eigenvalue weighted by Crippen LogP contribution is 2.36. The lowest BCUT2D eigenvalue weighted by molar-refractivity contribution is -0.118. The molecule has 1 aromatic rings. The topological polar surface area (TPSA) is 58.9 Å². The Labute approximate surface area is 145 Å². The van der Waals surface area contributed by atoms with Crippen molar-refractivity contribution in [3.63, 3.8) is 0 Å². The molecule has 1 aliphatic carbocycles. The lowest BCUT2D eigenvalue weighted by Gasteiger charge is -2.29. The Hall–Kier alpha value is -1.33. The molecule has 126 valence electrons. The summed E-state index contributed by atoms with van der Waals surface area (Å²) in [4.78, 5) is 18.8. The average Bonchev–Trinajstić information content (AvgIpc) is 2.82. The molecule has 1 aliphatic rings. The van der Waals surface area contributed by atoms with E-state index in [1.807, 2.05) is 32.9 Å². The van der Waals surface area contributed by atoms with Crippen LogP contribution in [0.15, 0.2) is 28.6 Å². The summed E-state index contributed by atoms with van der Waals surface area (Å²) in [5.74, 6) is 0.0648. The number of aliphatic hydroxyl groups excluding tert-OH is 1. The summed E-state index contributed by atoms with van der Waals surface area (Å²) in [5.41, 5.74) is 0.667. The fourth-order valence-corrected chi connectivity index (χ4v) is 3.67. The van der Waals surface area contributed by atoms with Gasteiger partial charge in [0.25, 0.3) is 0 Å². The molecule has 23 heavy (non-hydrogen) atoms. The largest absolute Gasteiger partial charge is 0.511 e. The van der Waals surface area contributed by atoms with Crippen LogP contribution in [0.2, 0.25) is 4.34 Å². The minimum Gasteiger partial charge on any atom is -0.511 e. The number of thiophene rings is 1. The standard InChI is InChI=1S/C17H22ClNO3S/c1-4-5-12(19-22-10-11-6-7-15(18)23-11)16-13(20)8-17(2,3)9-14(16)21/h6-7,20H,4-5,8-10H2,1-3H3. The molecule has 0 atom stereocenters. The van der Waals surface area contributed by atoms with Crippen molar-refractivity contribution in [3.05, 3.63) is 32.7 Å². The number of carbonyl (C=O) groups excluding carboxylic acids is 1. The molecule has 1 heterocycles. The molecule has 4 nitrogen and oxygen atoms in total. The van der Waals surface area contributed by atoms with Crippen molar-refractivity contribution in [1.82, 2.24) is 0 Å². The summed E-state index contributed by atoms with van der Waals surface area (Å²) in [7, 11) is 0. The highest BCUT2D eigenvalue weighted by atomic mass is 35.5. The van der Waals surface area contributed by atoms with Crippen molar-refractivity contribution in [3.8, 4) is 0 Å². The number of aliphatic hydroxyl groups is 1. The summed E-state index contributed by atoms with van der Waals surface area (Å²) in [6.45, 7) is 6.26. The van der Waals surface area contributed by atoms with Gasteiger partial charge in [-0.1, -0.05) is 43.9 Å². The Kier molecular flexibility index (Phi) is 5.87. The van der Waals surface area contributed by atoms with Gasteiger partial charge >= 0.3 is 0 Å². The Morgan fingerprint density at radius 1 is 1.43 bits per heavy atom. The van der Waals surface area contributed by atoms with E-state index < -0.39 is 0 Å². The molecule has 0 bridgehead atoms. The third kappa shape index (κ3) is 4.82. The second-order valence-corrected chi connectivity index (χ2v) is 8.33. The van der Waals surface area contributed by atoms with Gasteiger partial charge in [-0.25, -0.2) is 0 Å². The maximum absolute atomic E-state index is 12.4. The first kappa shape index (κ1) is 18.0. The number of Topliss-reactive ketones (excluding diaryl/α,β-unsaturated/α-hetero) is 1. The summed E-state index contributed by atoms with van der Waals surface area (Å²) in [5, 5.41) is 14.4. The molecular weight excluding hydrogens is 334 g/mol. The summed E-state index contributed by atoms with van der Waals surface area (Å²) < 4.78 is 0.700. The minimum atomic E-state index is -0.212. The number of halogens is 1. The van der Waals surface area contributed by atoms with Crippen molar-refractivity contribution in [2.45, 2.75) is 53.1 Å². The number of allylic oxidation sites excluding steroid dienone is 2. The van der Waals surface area contributed by atoms with E-state index in [4.69, 9.17) is 16.4 Å². The lowest BCUT2D eigenvalue weighted by Crippen LogP contribution is -2.29. The first-order valence-corrected chi connectivity index (χ1v) is 8.90. The van der Waals surface area contributed by atoms with Crippen LogP contribution >= 0.6 is 22.9 Å². The molecule has 0 saturated heterocycles. The Morgan fingerprint density at radius 3 is 2.74 bits per heavy atom. The molecule has 0 radical (unpaired) electrons. The van der Waals surface area contributed by atoms with E-state index in [-0.39, 0.29) is 17.0 Å². The molecule has 2 rings (SSSR count). The van der Waals surface area contributed by atoms with Gasteiger partial charge in [-0.3, -0.25) is 4.79 Å². The first-order valence-electron chi connectivity index (χ1n) is 7.71. The maximum Gasteiger partial charge on any atom is 0.168 e. The van der Waals surface area contributed by atoms with Crippen LogP contribution in [0.4, 0.5) is 0 Å². The highest BCUT2D eigenvalue weighted by molar-refractivity contribution is 7.16. The van der Waals surface area contributed by atoms with Gasteiger partial charge in [-0.2, -0.15) is 0 Å². The highest BCUT2D eigenvalue weighted by Gasteiger charge is 2.35. The van der Waals surface area contributed by atoms with Crippen LogP contribution in [0.1, 0.15) is 51.3 Å². The van der Waals surface area contributed by atoms with Gasteiger partial charge in [0.15, 0.2) is 12.4 Å². The van der Waals surface area contributed by atoms with E-state index in [9.17, 15) is 9.90 Å².